The van der Waals surface area contributed by atoms with E-state index in [-0.39, 0.29) is 11.9 Å². The number of amidine groups is 1. The molecule has 0 fully saturated rings. The van der Waals surface area contributed by atoms with Gasteiger partial charge in [0.15, 0.2) is 0 Å². The van der Waals surface area contributed by atoms with E-state index in [2.05, 4.69) is 96.2 Å². The maximum absolute atomic E-state index is 13.9. The van der Waals surface area contributed by atoms with Gasteiger partial charge in [-0.25, -0.2) is 9.38 Å². The molecule has 5 rings (SSSR count). The van der Waals surface area contributed by atoms with Crippen molar-refractivity contribution in [3.05, 3.63) is 141 Å². The molecule has 204 valence electrons. The van der Waals surface area contributed by atoms with Crippen LogP contribution in [0.2, 0.25) is 0 Å². The van der Waals surface area contributed by atoms with Crippen LogP contribution in [0, 0.1) is 12.7 Å². The van der Waals surface area contributed by atoms with Crippen LogP contribution in [0.15, 0.2) is 118 Å². The summed E-state index contributed by atoms with van der Waals surface area (Å²) in [6.07, 6.45) is 5.38. The third-order valence-corrected chi connectivity index (χ3v) is 8.43. The molecule has 0 aliphatic carbocycles. The van der Waals surface area contributed by atoms with Crippen molar-refractivity contribution in [2.24, 2.45) is 4.99 Å². The number of hydrogen-bond donors (Lipinski definition) is 1. The Balaban J connectivity index is 1.58. The molecule has 4 aromatic carbocycles. The third kappa shape index (κ3) is 5.62. The van der Waals surface area contributed by atoms with Crippen LogP contribution < -0.4 is 10.6 Å². The van der Waals surface area contributed by atoms with Crippen LogP contribution in [-0.2, 0) is 12.0 Å². The Bertz CT molecular complexity index is 1510. The van der Waals surface area contributed by atoms with Gasteiger partial charge in [-0.3, -0.25) is 0 Å². The number of aliphatic imine (C=N–C) groups is 1. The quantitative estimate of drug-likeness (QED) is 0.125. The van der Waals surface area contributed by atoms with Gasteiger partial charge in [-0.05, 0) is 117 Å². The van der Waals surface area contributed by atoms with Gasteiger partial charge in [0.05, 0.1) is 6.04 Å². The number of allylic oxidation sites excluding steroid dienone is 1. The molecule has 4 aromatic rings. The predicted octanol–water partition coefficient (Wildman–Crippen LogP) is 9.00. The molecule has 2 unspecified atom stereocenters. The zero-order valence-corrected chi connectivity index (χ0v) is 24.8. The first-order chi connectivity index (χ1) is 19.3. The number of nitrogens with zero attached hydrogens (tertiary/aromatic N) is 2. The Morgan fingerprint density at radius 3 is 2.25 bits per heavy atom. The molecule has 0 spiro atoms. The van der Waals surface area contributed by atoms with E-state index in [1.807, 2.05) is 36.4 Å². The number of benzene rings is 4. The molecule has 1 heterocycles. The fraction of sp³-hybridized carbons (Fsp3) is 0.229. The van der Waals surface area contributed by atoms with Gasteiger partial charge in [-0.15, -0.1) is 0 Å². The molecule has 0 aromatic heterocycles. The minimum Gasteiger partial charge on any atom is -0.399 e. The molecular weight excluding hydrogens is 561 g/mol. The lowest BCUT2D eigenvalue weighted by Crippen LogP contribution is -2.44. The van der Waals surface area contributed by atoms with Gasteiger partial charge < -0.3 is 10.6 Å². The second-order valence-corrected chi connectivity index (χ2v) is 11.5. The van der Waals surface area contributed by atoms with E-state index < -0.39 is 5.54 Å². The average Bonchev–Trinajstić information content (AvgIpc) is 3.27. The largest absolute Gasteiger partial charge is 0.399 e. The minimum absolute atomic E-state index is 0.0503. The first-order valence-corrected chi connectivity index (χ1v) is 14.6. The van der Waals surface area contributed by atoms with Crippen molar-refractivity contribution in [3.8, 4) is 0 Å². The Kier molecular flexibility index (Phi) is 8.22. The summed E-state index contributed by atoms with van der Waals surface area (Å²) in [7, 11) is 0. The number of anilines is 2. The first kappa shape index (κ1) is 27.9. The Labute approximate surface area is 245 Å². The number of hydrogen-bond acceptors (Lipinski definition) is 3. The molecule has 1 aliphatic heterocycles. The molecular formula is C35H35BrFN3. The van der Waals surface area contributed by atoms with Gasteiger partial charge in [-0.1, -0.05) is 64.0 Å². The smallest absolute Gasteiger partial charge is 0.137 e. The van der Waals surface area contributed by atoms with Crippen LogP contribution in [0.3, 0.4) is 0 Å². The number of aryl methyl sites for hydroxylation is 2. The number of unbranched alkanes of at least 4 members (excludes halogenated alkanes) is 1. The van der Waals surface area contributed by atoms with Gasteiger partial charge in [0.2, 0.25) is 0 Å². The van der Waals surface area contributed by atoms with Crippen LogP contribution in [0.25, 0.3) is 0 Å². The van der Waals surface area contributed by atoms with Crippen molar-refractivity contribution in [2.75, 3.05) is 10.6 Å². The van der Waals surface area contributed by atoms with Crippen molar-refractivity contribution in [3.63, 3.8) is 0 Å². The lowest BCUT2D eigenvalue weighted by atomic mass is 9.77. The van der Waals surface area contributed by atoms with Crippen LogP contribution in [0.5, 0.6) is 0 Å². The van der Waals surface area contributed by atoms with Crippen molar-refractivity contribution < 1.29 is 4.39 Å². The highest BCUT2D eigenvalue weighted by atomic mass is 79.9. The number of nitrogen functional groups attached to an aromatic ring is 1. The van der Waals surface area contributed by atoms with E-state index in [9.17, 15) is 4.39 Å². The van der Waals surface area contributed by atoms with Crippen LogP contribution >= 0.6 is 15.9 Å². The first-order valence-electron chi connectivity index (χ1n) is 13.8. The molecule has 40 heavy (non-hydrogen) atoms. The van der Waals surface area contributed by atoms with Crippen molar-refractivity contribution in [1.82, 2.24) is 0 Å². The second-order valence-electron chi connectivity index (χ2n) is 10.6. The van der Waals surface area contributed by atoms with Crippen molar-refractivity contribution >= 4 is 33.1 Å². The topological polar surface area (TPSA) is 41.6 Å². The zero-order chi connectivity index (χ0) is 28.3. The predicted molar refractivity (Wildman–Crippen MR) is 169 cm³/mol. The van der Waals surface area contributed by atoms with Crippen LogP contribution in [0.1, 0.15) is 48.9 Å². The summed E-state index contributed by atoms with van der Waals surface area (Å²) < 4.78 is 14.9. The molecule has 0 amide bonds. The highest BCUT2D eigenvalue weighted by Gasteiger charge is 2.49. The van der Waals surface area contributed by atoms with E-state index in [1.165, 1.54) is 28.8 Å². The Hall–Kier alpha value is -3.70. The monoisotopic (exact) mass is 595 g/mol. The summed E-state index contributed by atoms with van der Waals surface area (Å²) in [6.45, 7) is 6.53. The lowest BCUT2D eigenvalue weighted by molar-refractivity contribution is 0.466. The SMILES string of the molecule is C/C(=C/CCCc1ccc(C)cc1)C1(c2ccc(N)cc2)N=C(c2ccc(F)cc2)N(c2ccc(Br)cc2)C1C. The van der Waals surface area contributed by atoms with E-state index >= 15 is 0 Å². The minimum atomic E-state index is -0.644. The summed E-state index contributed by atoms with van der Waals surface area (Å²) >= 11 is 3.57. The summed E-state index contributed by atoms with van der Waals surface area (Å²) in [5.41, 5.74) is 13.0. The number of nitrogens with two attached hydrogens (primary N) is 1. The van der Waals surface area contributed by atoms with Crippen LogP contribution in [0.4, 0.5) is 15.8 Å². The maximum atomic E-state index is 13.9. The van der Waals surface area contributed by atoms with Gasteiger partial charge in [0, 0.05) is 21.4 Å². The highest BCUT2D eigenvalue weighted by Crippen LogP contribution is 2.47. The van der Waals surface area contributed by atoms with E-state index in [0.717, 1.165) is 52.1 Å². The summed E-state index contributed by atoms with van der Waals surface area (Å²) in [4.78, 5) is 7.80. The third-order valence-electron chi connectivity index (χ3n) is 7.90. The molecule has 0 bridgehead atoms. The van der Waals surface area contributed by atoms with Gasteiger partial charge >= 0.3 is 0 Å². The highest BCUT2D eigenvalue weighted by molar-refractivity contribution is 9.10. The standard InChI is InChI=1S/C35H35BrFN3/c1-24-8-10-27(11-9-24)7-5-4-6-25(2)35(29-14-20-32(38)21-15-29)26(3)40(33-22-16-30(36)17-23-33)34(39-35)28-12-18-31(37)19-13-28/h6,8-23,26H,4-5,7,38H2,1-3H3/b25-6-. The molecule has 2 N–H and O–H groups in total. The zero-order valence-electron chi connectivity index (χ0n) is 23.2. The Morgan fingerprint density at radius 1 is 0.950 bits per heavy atom. The summed E-state index contributed by atoms with van der Waals surface area (Å²) in [6, 6.07) is 31.7. The van der Waals surface area contributed by atoms with E-state index in [1.54, 1.807) is 0 Å². The van der Waals surface area contributed by atoms with Gasteiger partial charge in [0.25, 0.3) is 0 Å². The van der Waals surface area contributed by atoms with E-state index in [0.29, 0.717) is 0 Å². The second kappa shape index (κ2) is 11.8. The average molecular weight is 597 g/mol. The van der Waals surface area contributed by atoms with E-state index in [4.69, 9.17) is 10.7 Å². The fourth-order valence-electron chi connectivity index (χ4n) is 5.66. The summed E-state index contributed by atoms with van der Waals surface area (Å²) in [5.74, 6) is 0.555. The molecule has 1 aliphatic rings. The number of rotatable bonds is 8. The maximum Gasteiger partial charge on any atom is 0.137 e. The molecule has 0 radical (unpaired) electrons. The van der Waals surface area contributed by atoms with Crippen LogP contribution in [-0.4, -0.2) is 11.9 Å². The van der Waals surface area contributed by atoms with Crippen molar-refractivity contribution in [1.29, 1.82) is 0 Å². The molecule has 3 nitrogen and oxygen atoms in total. The molecule has 0 saturated heterocycles. The normalized spacial score (nSPS) is 19.1. The molecule has 2 atom stereocenters. The van der Waals surface area contributed by atoms with Crippen molar-refractivity contribution in [2.45, 2.75) is 51.6 Å². The van der Waals surface area contributed by atoms with Gasteiger partial charge in [-0.2, -0.15) is 0 Å². The fourth-order valence-corrected chi connectivity index (χ4v) is 5.92. The molecule has 5 heteroatoms. The van der Waals surface area contributed by atoms with Gasteiger partial charge in [0.1, 0.15) is 17.2 Å². The summed E-state index contributed by atoms with van der Waals surface area (Å²) in [5, 5.41) is 0. The molecule has 0 saturated carbocycles. The Morgan fingerprint density at radius 2 is 1.60 bits per heavy atom. The lowest BCUT2D eigenvalue weighted by Gasteiger charge is -2.37. The number of halogens is 2.